The van der Waals surface area contributed by atoms with Crippen molar-refractivity contribution in [3.05, 3.63) is 144 Å². The summed E-state index contributed by atoms with van der Waals surface area (Å²) < 4.78 is 5.03. The highest BCUT2D eigenvalue weighted by molar-refractivity contribution is 5.98. The topological polar surface area (TPSA) is 53.3 Å². The monoisotopic (exact) mass is 632 g/mol. The highest BCUT2D eigenvalue weighted by Crippen LogP contribution is 2.37. The molecule has 0 unspecified atom stereocenters. The third-order valence-electron chi connectivity index (χ3n) is 8.50. The van der Waals surface area contributed by atoms with Crippen molar-refractivity contribution < 1.29 is 9.53 Å². The zero-order chi connectivity index (χ0) is 34.5. The minimum absolute atomic E-state index is 0.0290. The molecule has 5 rings (SSSR count). The minimum Gasteiger partial charge on any atom is -0.462 e. The van der Waals surface area contributed by atoms with Crippen molar-refractivity contribution in [3.63, 3.8) is 0 Å². The Labute approximate surface area is 286 Å². The number of carbonyl (C=O) groups excluding carboxylic acids is 1. The van der Waals surface area contributed by atoms with Crippen molar-refractivity contribution in [1.82, 2.24) is 0 Å². The number of nitriles is 1. The Morgan fingerprint density at radius 1 is 0.604 bits per heavy atom. The second-order valence-electron chi connectivity index (χ2n) is 14.1. The molecule has 48 heavy (non-hydrogen) atoms. The largest absolute Gasteiger partial charge is 0.462 e. The summed E-state index contributed by atoms with van der Waals surface area (Å²) in [6, 6.07) is 44.6. The molecule has 5 aromatic carbocycles. The molecule has 0 amide bonds. The summed E-state index contributed by atoms with van der Waals surface area (Å²) in [5.41, 5.74) is 11.2. The van der Waals surface area contributed by atoms with Crippen LogP contribution in [0, 0.1) is 11.3 Å². The minimum atomic E-state index is -0.619. The molecule has 242 valence electrons. The second-order valence-corrected chi connectivity index (χ2v) is 14.1. The molecule has 0 atom stereocenters. The van der Waals surface area contributed by atoms with E-state index in [9.17, 15) is 10.1 Å². The van der Waals surface area contributed by atoms with Gasteiger partial charge in [0, 0.05) is 17.1 Å². The van der Waals surface area contributed by atoms with E-state index in [2.05, 4.69) is 144 Å². The lowest BCUT2D eigenvalue weighted by Crippen LogP contribution is -2.10. The number of hydrogen-bond acceptors (Lipinski definition) is 4. The van der Waals surface area contributed by atoms with Gasteiger partial charge >= 0.3 is 5.97 Å². The Morgan fingerprint density at radius 3 is 1.25 bits per heavy atom. The first-order valence-electron chi connectivity index (χ1n) is 16.5. The van der Waals surface area contributed by atoms with Crippen molar-refractivity contribution >= 4 is 29.1 Å². The van der Waals surface area contributed by atoms with Crippen LogP contribution in [0.15, 0.2) is 127 Å². The highest BCUT2D eigenvalue weighted by Gasteiger charge is 2.17. The number of carbonyl (C=O) groups is 1. The van der Waals surface area contributed by atoms with Crippen LogP contribution in [0.3, 0.4) is 0 Å². The first kappa shape index (κ1) is 33.9. The highest BCUT2D eigenvalue weighted by atomic mass is 16.5. The summed E-state index contributed by atoms with van der Waals surface area (Å²) in [5.74, 6) is -0.619. The Bertz CT molecular complexity index is 1810. The number of nitrogens with zero attached hydrogens (tertiary/aromatic N) is 2. The third-order valence-corrected chi connectivity index (χ3v) is 8.50. The molecule has 0 aliphatic heterocycles. The fourth-order valence-corrected chi connectivity index (χ4v) is 5.61. The average molecular weight is 633 g/mol. The van der Waals surface area contributed by atoms with Crippen molar-refractivity contribution in [2.45, 2.75) is 59.3 Å². The molecule has 0 saturated heterocycles. The van der Waals surface area contributed by atoms with E-state index < -0.39 is 5.97 Å². The van der Waals surface area contributed by atoms with E-state index in [-0.39, 0.29) is 23.0 Å². The van der Waals surface area contributed by atoms with Gasteiger partial charge in [-0.25, -0.2) is 4.79 Å². The van der Waals surface area contributed by atoms with Gasteiger partial charge in [-0.3, -0.25) is 0 Å². The van der Waals surface area contributed by atoms with Gasteiger partial charge in [0.15, 0.2) is 0 Å². The normalized spacial score (nSPS) is 11.9. The Balaban J connectivity index is 1.50. The molecular formula is C44H44N2O2. The molecule has 0 aromatic heterocycles. The van der Waals surface area contributed by atoms with E-state index in [1.165, 1.54) is 22.3 Å². The van der Waals surface area contributed by atoms with Gasteiger partial charge in [-0.05, 0) is 99.2 Å². The molecule has 4 nitrogen and oxygen atoms in total. The lowest BCUT2D eigenvalue weighted by Gasteiger charge is -2.26. The van der Waals surface area contributed by atoms with Crippen LogP contribution in [0.5, 0.6) is 0 Å². The lowest BCUT2D eigenvalue weighted by molar-refractivity contribution is -0.137. The summed E-state index contributed by atoms with van der Waals surface area (Å²) in [7, 11) is 0. The first-order chi connectivity index (χ1) is 22.9. The van der Waals surface area contributed by atoms with Crippen molar-refractivity contribution in [2.24, 2.45) is 0 Å². The average Bonchev–Trinajstić information content (AvgIpc) is 3.08. The van der Waals surface area contributed by atoms with Crippen LogP contribution >= 0.6 is 0 Å². The summed E-state index contributed by atoms with van der Waals surface area (Å²) >= 11 is 0. The van der Waals surface area contributed by atoms with Crippen LogP contribution in [0.25, 0.3) is 28.3 Å². The molecule has 0 spiro atoms. The van der Waals surface area contributed by atoms with E-state index in [0.29, 0.717) is 0 Å². The van der Waals surface area contributed by atoms with Crippen LogP contribution in [-0.2, 0) is 20.4 Å². The number of hydrogen-bond donors (Lipinski definition) is 0. The summed E-state index contributed by atoms with van der Waals surface area (Å²) in [4.78, 5) is 14.4. The molecule has 0 aliphatic carbocycles. The zero-order valence-corrected chi connectivity index (χ0v) is 29.0. The second kappa shape index (κ2) is 14.2. The maximum atomic E-state index is 12.2. The molecule has 0 N–H and O–H groups in total. The molecule has 0 saturated carbocycles. The number of anilines is 3. The smallest absolute Gasteiger partial charge is 0.348 e. The van der Waals surface area contributed by atoms with Crippen molar-refractivity contribution in [2.75, 3.05) is 11.5 Å². The predicted molar refractivity (Wildman–Crippen MR) is 200 cm³/mol. The maximum Gasteiger partial charge on any atom is 0.348 e. The van der Waals surface area contributed by atoms with Crippen LogP contribution in [0.4, 0.5) is 17.1 Å². The van der Waals surface area contributed by atoms with Gasteiger partial charge in [-0.2, -0.15) is 5.26 Å². The molecule has 5 aromatic rings. The van der Waals surface area contributed by atoms with E-state index >= 15 is 0 Å². The van der Waals surface area contributed by atoms with Crippen molar-refractivity contribution in [1.29, 1.82) is 5.26 Å². The van der Waals surface area contributed by atoms with Gasteiger partial charge in [0.25, 0.3) is 0 Å². The fourth-order valence-electron chi connectivity index (χ4n) is 5.61. The predicted octanol–water partition coefficient (Wildman–Crippen LogP) is 11.6. The molecule has 4 heteroatoms. The third kappa shape index (κ3) is 7.93. The summed E-state index contributed by atoms with van der Waals surface area (Å²) in [5, 5.41) is 9.50. The van der Waals surface area contributed by atoms with Crippen molar-refractivity contribution in [3.8, 4) is 28.3 Å². The number of esters is 1. The van der Waals surface area contributed by atoms with E-state index in [4.69, 9.17) is 4.74 Å². The van der Waals surface area contributed by atoms with Crippen LogP contribution < -0.4 is 4.90 Å². The molecule has 0 bridgehead atoms. The molecule has 0 radical (unpaired) electrons. The quantitative estimate of drug-likeness (QED) is 0.0970. The van der Waals surface area contributed by atoms with Crippen LogP contribution in [0.2, 0.25) is 0 Å². The Hall–Kier alpha value is -5.40. The SMILES string of the molecule is CCOC(=O)/C(C#N)=C\c1ccc(N(c2ccc(-c3ccc(C(C)(C)C)cc3)cc2)c2ccc(-c3ccc(C(C)(C)C)cc3)cc2)cc1. The van der Waals surface area contributed by atoms with Gasteiger partial charge < -0.3 is 9.64 Å². The van der Waals surface area contributed by atoms with Crippen LogP contribution in [-0.4, -0.2) is 12.6 Å². The number of ether oxygens (including phenoxy) is 1. The van der Waals surface area contributed by atoms with Crippen LogP contribution in [0.1, 0.15) is 65.2 Å². The standard InChI is InChI=1S/C44H44N2O2/c1-8-48-42(47)36(30-45)29-31-9-23-39(24-10-31)46(40-25-15-34(16-26-40)32-11-19-37(20-12-32)43(2,3)4)41-27-17-35(18-28-41)33-13-21-38(22-14-33)44(5,6)7/h9-29H,8H2,1-7H3/b36-29-. The molecule has 0 aliphatic rings. The van der Waals surface area contributed by atoms with E-state index in [0.717, 1.165) is 33.8 Å². The number of benzene rings is 5. The maximum absolute atomic E-state index is 12.2. The fraction of sp³-hybridized carbons (Fsp3) is 0.227. The first-order valence-corrected chi connectivity index (χ1v) is 16.5. The molecule has 0 heterocycles. The zero-order valence-electron chi connectivity index (χ0n) is 29.0. The van der Waals surface area contributed by atoms with E-state index in [1.54, 1.807) is 13.0 Å². The lowest BCUT2D eigenvalue weighted by atomic mass is 9.86. The molecular weight excluding hydrogens is 588 g/mol. The molecule has 0 fully saturated rings. The Kier molecular flexibility index (Phi) is 10.0. The number of rotatable bonds is 8. The van der Waals surface area contributed by atoms with E-state index in [1.807, 2.05) is 30.3 Å². The van der Waals surface area contributed by atoms with Gasteiger partial charge in [0.05, 0.1) is 6.61 Å². The van der Waals surface area contributed by atoms with Gasteiger partial charge in [-0.1, -0.05) is 126 Å². The summed E-state index contributed by atoms with van der Waals surface area (Å²) in [6.07, 6.45) is 1.56. The Morgan fingerprint density at radius 2 is 0.938 bits per heavy atom. The van der Waals surface area contributed by atoms with Gasteiger partial charge in [0.2, 0.25) is 0 Å². The summed E-state index contributed by atoms with van der Waals surface area (Å²) in [6.45, 7) is 15.3. The van der Waals surface area contributed by atoms with Gasteiger partial charge in [0.1, 0.15) is 11.6 Å². The van der Waals surface area contributed by atoms with Gasteiger partial charge in [-0.15, -0.1) is 0 Å².